The molecule has 0 fully saturated rings. The van der Waals surface area contributed by atoms with Crippen molar-refractivity contribution in [1.82, 2.24) is 55.4 Å². The Kier molecular flexibility index (Phi) is 23.4. The molecule has 0 saturated heterocycles. The van der Waals surface area contributed by atoms with E-state index in [1.807, 2.05) is 97.1 Å². The predicted octanol–water partition coefficient (Wildman–Crippen LogP) is 9.63. The van der Waals surface area contributed by atoms with Crippen LogP contribution in [0.1, 0.15) is 0 Å². The number of aromatic nitrogens is 8. The molecule has 0 bridgehead atoms. The van der Waals surface area contributed by atoms with E-state index in [2.05, 4.69) is 39.9 Å². The maximum Gasteiger partial charge on any atom is 4.00 e. The quantitative estimate of drug-likeness (QED) is 0.0624. The zero-order chi connectivity index (χ0) is 49.2. The molecule has 0 aliphatic rings. The van der Waals surface area contributed by atoms with Gasteiger partial charge in [-0.1, -0.05) is 48.5 Å². The molecule has 8 aromatic heterocycles. The molecule has 0 aliphatic carbocycles. The topological polar surface area (TPSA) is 103 Å². The molecule has 12 nitrogen and oxygen atoms in total. The average Bonchev–Trinajstić information content (AvgIpc) is 3.40. The van der Waals surface area contributed by atoms with E-state index < -0.39 is 0 Å². The first-order chi connectivity index (χ1) is 32.6. The van der Waals surface area contributed by atoms with Gasteiger partial charge in [-0.05, 0) is 48.5 Å². The van der Waals surface area contributed by atoms with Gasteiger partial charge in [0, 0.05) is 115 Å². The van der Waals surface area contributed by atoms with Gasteiger partial charge in [0.2, 0.25) is 46.5 Å². The molecule has 0 aromatic carbocycles. The van der Waals surface area contributed by atoms with Crippen LogP contribution in [0.4, 0.5) is 46.5 Å². The van der Waals surface area contributed by atoms with Crippen LogP contribution in [-0.4, -0.2) is 57.2 Å². The Hall–Kier alpha value is -3.63. The van der Waals surface area contributed by atoms with Gasteiger partial charge >= 0.3 is 21.1 Å². The molecule has 8 aromatic rings. The Labute approximate surface area is 481 Å². The van der Waals surface area contributed by atoms with E-state index in [0.717, 1.165) is 0 Å². The van der Waals surface area contributed by atoms with Crippen LogP contribution < -0.4 is 15.6 Å². The fourth-order valence-electron chi connectivity index (χ4n) is 5.54. The fraction of sp³-hybridized carbons (Fsp3) is 0. The van der Waals surface area contributed by atoms with E-state index in [-0.39, 0.29) is 53.9 Å². The normalized spacial score (nSPS) is 11.0. The third kappa shape index (κ3) is 14.3. The molecule has 0 unspecified atom stereocenters. The number of hydrogen-bond donors (Lipinski definition) is 0. The summed E-state index contributed by atoms with van der Waals surface area (Å²) in [6, 6.07) is 43.6. The standard InChI is InChI=1S/4C11H9N3S3.Mo/c4*15-11(16)14(17,9-5-1-3-7-12-9)10-6-2-4-8-13-10;/h4*1-8H,(H,15,16);/q;;;;+4/p-4. The van der Waals surface area contributed by atoms with Crippen molar-refractivity contribution >= 4 is 214 Å². The van der Waals surface area contributed by atoms with Crippen molar-refractivity contribution in [3.63, 3.8) is 0 Å². The smallest absolute Gasteiger partial charge is 0.474 e. The van der Waals surface area contributed by atoms with Crippen LogP contribution in [0.15, 0.2) is 195 Å². The van der Waals surface area contributed by atoms with Crippen molar-refractivity contribution in [1.29, 1.82) is 0 Å². The van der Waals surface area contributed by atoms with Gasteiger partial charge in [-0.2, -0.15) is 0 Å². The zero-order valence-corrected chi connectivity index (χ0v) is 47.0. The Morgan fingerprint density at radius 3 is 0.449 bits per heavy atom. The van der Waals surface area contributed by atoms with Crippen LogP contribution in [0.3, 0.4) is 0 Å². The number of nitrogens with zero attached hydrogens (tertiary/aromatic N) is 12. The summed E-state index contributed by atoms with van der Waals surface area (Å²) in [6.45, 7) is 0. The minimum atomic E-state index is -0.258. The van der Waals surface area contributed by atoms with Crippen LogP contribution in [-0.2, 0) is 123 Å². The van der Waals surface area contributed by atoms with Crippen molar-refractivity contribution in [2.45, 2.75) is 0 Å². The molecule has 0 aliphatic heterocycles. The maximum atomic E-state index is 5.53. The van der Waals surface area contributed by atoms with Gasteiger partial charge < -0.3 is 166 Å². The molecule has 0 atom stereocenters. The Morgan fingerprint density at radius 2 is 0.377 bits per heavy atom. The van der Waals surface area contributed by atoms with E-state index in [4.69, 9.17) is 151 Å². The van der Waals surface area contributed by atoms with Gasteiger partial charge in [0.05, 0.1) is 0 Å². The molecule has 0 amide bonds. The first kappa shape index (κ1) is 57.9. The van der Waals surface area contributed by atoms with E-state index in [9.17, 15) is 0 Å². The molecular weight excluding hydrogens is 1180 g/mol. The van der Waals surface area contributed by atoms with Gasteiger partial charge in [-0.25, -0.2) is 39.9 Å². The zero-order valence-electron chi connectivity index (χ0n) is 35.1. The molecular formula is C44H32MoN12S12. The third-order valence-electron chi connectivity index (χ3n) is 8.80. The summed E-state index contributed by atoms with van der Waals surface area (Å²) in [5.41, 5.74) is 0. The van der Waals surface area contributed by atoms with Gasteiger partial charge in [0.25, 0.3) is 0 Å². The summed E-state index contributed by atoms with van der Waals surface area (Å²) in [6.07, 6.45) is 13.3. The second kappa shape index (κ2) is 27.8. The van der Waals surface area contributed by atoms with Crippen molar-refractivity contribution in [2.75, 3.05) is 0 Å². The number of pyridine rings is 8. The Balaban J connectivity index is 0.000000199. The summed E-state index contributed by atoms with van der Waals surface area (Å²) in [5, 5.41) is 0. The summed E-state index contributed by atoms with van der Waals surface area (Å²) < 4.78 is -0.207. The van der Waals surface area contributed by atoms with Gasteiger partial charge in [-0.3, -0.25) is 0 Å². The van der Waals surface area contributed by atoms with Crippen LogP contribution in [0, 0.1) is 0 Å². The summed E-state index contributed by atoms with van der Waals surface area (Å²) in [4.78, 5) is 33.8. The second-order valence-electron chi connectivity index (χ2n) is 13.0. The average molecular weight is 1210 g/mol. The molecule has 69 heavy (non-hydrogen) atoms. The number of hydrogen-bond acceptors (Lipinski definition) is 20. The Bertz CT molecular complexity index is 2310. The summed E-state index contributed by atoms with van der Waals surface area (Å²) >= 11 is 62.9. The molecule has 346 valence electrons. The van der Waals surface area contributed by atoms with Gasteiger partial charge in [0.1, 0.15) is 0 Å². The summed E-state index contributed by atoms with van der Waals surface area (Å²) in [7, 11) is 0. The monoisotopic (exact) mass is 1210 g/mol. The Morgan fingerprint density at radius 1 is 0.261 bits per heavy atom. The van der Waals surface area contributed by atoms with Crippen LogP contribution in [0.2, 0.25) is 0 Å². The second-order valence-corrected chi connectivity index (χ2v) is 19.3. The maximum absolute atomic E-state index is 5.53. The van der Waals surface area contributed by atoms with Crippen molar-refractivity contribution in [3.05, 3.63) is 195 Å². The van der Waals surface area contributed by atoms with Gasteiger partial charge in [-0.15, -0.1) is 0 Å². The van der Waals surface area contributed by atoms with Crippen LogP contribution >= 0.6 is 48.9 Å². The molecule has 0 spiro atoms. The van der Waals surface area contributed by atoms with Crippen molar-refractivity contribution in [3.8, 4) is 0 Å². The summed E-state index contributed by atoms with van der Waals surface area (Å²) in [5.74, 6) is 4.68. The third-order valence-corrected chi connectivity index (χ3v) is 14.1. The van der Waals surface area contributed by atoms with Gasteiger partial charge in [0.15, 0.2) is 0 Å². The molecule has 25 heteroatoms. The SMILES string of the molecule is S=C([S-])[N+]([S-])(c1ccccn1)c1ccccn1.S=C([S-])[N+]([S-])(c1ccccn1)c1ccccn1.S=C([S-])[N+]([S-])(c1ccccn1)c1ccccn1.S=C([S-])[N+]([S-])(c1ccccn1)c1ccccn1.[Mo+4]. The van der Waals surface area contributed by atoms with Crippen molar-refractivity contribution < 1.29 is 21.1 Å². The van der Waals surface area contributed by atoms with Crippen molar-refractivity contribution in [2.24, 2.45) is 0 Å². The molecule has 8 rings (SSSR count). The predicted molar refractivity (Wildman–Crippen MR) is 309 cm³/mol. The number of quaternary nitrogens is 4. The largest absolute Gasteiger partial charge is 4.00 e. The minimum absolute atomic E-state index is 0. The van der Waals surface area contributed by atoms with Crippen LogP contribution in [0.25, 0.3) is 0 Å². The van der Waals surface area contributed by atoms with E-state index >= 15 is 0 Å². The fourth-order valence-corrected chi connectivity index (χ4v) is 7.90. The number of thiocarbonyl (C=S) groups is 4. The molecule has 8 heterocycles. The molecule has 0 saturated carbocycles. The first-order valence-corrected chi connectivity index (χ1v) is 23.9. The van der Waals surface area contributed by atoms with E-state index in [1.165, 1.54) is 0 Å². The van der Waals surface area contributed by atoms with E-state index in [0.29, 0.717) is 46.5 Å². The molecule has 0 N–H and O–H groups in total. The van der Waals surface area contributed by atoms with E-state index in [1.54, 1.807) is 98.1 Å². The number of rotatable bonds is 8. The first-order valence-electron chi connectivity index (χ1n) is 19.2. The molecule has 0 radical (unpaired) electrons. The van der Waals surface area contributed by atoms with Crippen LogP contribution in [0.5, 0.6) is 0 Å². The minimum Gasteiger partial charge on any atom is -0.474 e.